The molecule has 33 heavy (non-hydrogen) atoms. The molecule has 1 aliphatic rings. The molecule has 186 valence electrons. The summed E-state index contributed by atoms with van der Waals surface area (Å²) >= 11 is 0. The number of nitrogens with zero attached hydrogens (tertiary/aromatic N) is 2. The normalized spacial score (nSPS) is 20.3. The summed E-state index contributed by atoms with van der Waals surface area (Å²) in [6, 6.07) is 0. The van der Waals surface area contributed by atoms with Crippen LogP contribution in [0.1, 0.15) is 20.8 Å². The minimum atomic E-state index is -4.08. The van der Waals surface area contributed by atoms with Crippen LogP contribution < -0.4 is 5.53 Å². The van der Waals surface area contributed by atoms with Gasteiger partial charge in [-0.15, -0.1) is 5.53 Å². The molecule has 1 heterocycles. The molecule has 0 aromatic carbocycles. The maximum absolute atomic E-state index is 12.9. The predicted octanol–water partition coefficient (Wildman–Crippen LogP) is -0.897. The van der Waals surface area contributed by atoms with E-state index in [9.17, 15) is 39.6 Å². The molecular weight excluding hydrogens is 498 g/mol. The molecule has 3 unspecified atom stereocenters. The van der Waals surface area contributed by atoms with Gasteiger partial charge in [0.2, 0.25) is 0 Å². The van der Waals surface area contributed by atoms with Gasteiger partial charge in [-0.1, -0.05) is 19.7 Å². The SMILES string of the molecule is C=CS(=O)(=O)C(C)C(=O)C1CN(C(=O)C(C)S(=O)(=O)C=C)NN(C(=O)C(C)S(=O)(=O)C=C)C1. The van der Waals surface area contributed by atoms with Crippen molar-refractivity contribution in [1.82, 2.24) is 15.6 Å². The molecule has 2 amide bonds. The van der Waals surface area contributed by atoms with E-state index in [4.69, 9.17) is 0 Å². The van der Waals surface area contributed by atoms with Gasteiger partial charge in [0.15, 0.2) is 35.3 Å². The molecule has 3 atom stereocenters. The maximum Gasteiger partial charge on any atom is 0.256 e. The number of hydrazine groups is 2. The fourth-order valence-corrected chi connectivity index (χ4v) is 5.03. The van der Waals surface area contributed by atoms with Crippen molar-refractivity contribution in [2.24, 2.45) is 5.92 Å². The summed E-state index contributed by atoms with van der Waals surface area (Å²) in [7, 11) is -12.2. The van der Waals surface area contributed by atoms with Crippen molar-refractivity contribution in [3.05, 3.63) is 36.0 Å². The molecule has 0 bridgehead atoms. The largest absolute Gasteiger partial charge is 0.298 e. The van der Waals surface area contributed by atoms with Crippen molar-refractivity contribution in [2.75, 3.05) is 13.1 Å². The number of hydrogen-bond acceptors (Lipinski definition) is 10. The molecule has 0 spiro atoms. The molecule has 1 saturated heterocycles. The Kier molecular flexibility index (Phi) is 8.93. The maximum atomic E-state index is 12.9. The number of hydrogen-bond donors (Lipinski definition) is 1. The summed E-state index contributed by atoms with van der Waals surface area (Å²) in [6.07, 6.45) is 0. The Labute approximate surface area is 193 Å². The highest BCUT2D eigenvalue weighted by atomic mass is 32.2. The molecule has 1 N–H and O–H groups in total. The lowest BCUT2D eigenvalue weighted by Gasteiger charge is -2.41. The average molecular weight is 526 g/mol. The van der Waals surface area contributed by atoms with E-state index in [2.05, 4.69) is 25.3 Å². The van der Waals surface area contributed by atoms with Crippen molar-refractivity contribution in [2.45, 2.75) is 36.5 Å². The van der Waals surface area contributed by atoms with Crippen molar-refractivity contribution in [1.29, 1.82) is 0 Å². The van der Waals surface area contributed by atoms with Crippen molar-refractivity contribution >= 4 is 47.1 Å². The van der Waals surface area contributed by atoms with Crippen LogP contribution in [0.5, 0.6) is 0 Å². The summed E-state index contributed by atoms with van der Waals surface area (Å²) in [4.78, 5) is 38.5. The number of rotatable bonds is 10. The Bertz CT molecular complexity index is 1020. The number of carbonyl (C=O) groups is 3. The second-order valence-electron chi connectivity index (χ2n) is 7.29. The number of Topliss-reactive ketones (excluding diaryl/α,β-unsaturated/α-hetero) is 1. The van der Waals surface area contributed by atoms with E-state index in [1.165, 1.54) is 0 Å². The van der Waals surface area contributed by atoms with Gasteiger partial charge in [-0.25, -0.2) is 25.3 Å². The zero-order chi connectivity index (χ0) is 25.9. The minimum Gasteiger partial charge on any atom is -0.298 e. The summed E-state index contributed by atoms with van der Waals surface area (Å²) in [5.74, 6) is -4.28. The summed E-state index contributed by atoms with van der Waals surface area (Å²) < 4.78 is 72.3. The molecule has 0 aromatic rings. The first-order valence-electron chi connectivity index (χ1n) is 9.48. The Morgan fingerprint density at radius 2 is 1.03 bits per heavy atom. The molecule has 0 aliphatic carbocycles. The van der Waals surface area contributed by atoms with Gasteiger partial charge in [-0.3, -0.25) is 24.4 Å². The highest BCUT2D eigenvalue weighted by molar-refractivity contribution is 7.96. The van der Waals surface area contributed by atoms with E-state index in [1.807, 2.05) is 0 Å². The number of carbonyl (C=O) groups excluding carboxylic acids is 3. The monoisotopic (exact) mass is 525 g/mol. The molecular formula is C18H27N3O9S3. The van der Waals surface area contributed by atoms with E-state index in [1.54, 1.807) is 0 Å². The number of nitrogens with one attached hydrogen (secondary N) is 1. The van der Waals surface area contributed by atoms with Crippen molar-refractivity contribution < 1.29 is 39.6 Å². The quantitative estimate of drug-likeness (QED) is 0.377. The van der Waals surface area contributed by atoms with Crippen LogP contribution in [0.25, 0.3) is 0 Å². The second-order valence-corrected chi connectivity index (χ2v) is 13.9. The molecule has 0 saturated carbocycles. The first-order chi connectivity index (χ1) is 15.0. The molecule has 15 heteroatoms. The lowest BCUT2D eigenvalue weighted by atomic mass is 10.00. The number of ketones is 1. The van der Waals surface area contributed by atoms with Crippen molar-refractivity contribution in [3.8, 4) is 0 Å². The van der Waals surface area contributed by atoms with Gasteiger partial charge in [0, 0.05) is 16.2 Å². The zero-order valence-electron chi connectivity index (χ0n) is 18.4. The van der Waals surface area contributed by atoms with E-state index < -0.39 is 81.9 Å². The summed E-state index contributed by atoms with van der Waals surface area (Å²) in [6.45, 7) is 11.7. The van der Waals surface area contributed by atoms with Gasteiger partial charge in [-0.05, 0) is 20.8 Å². The van der Waals surface area contributed by atoms with E-state index >= 15 is 0 Å². The Hall–Kier alpha value is -2.36. The first-order valence-corrected chi connectivity index (χ1v) is 14.3. The third kappa shape index (κ3) is 6.16. The van der Waals surface area contributed by atoms with Crippen LogP contribution in [0.4, 0.5) is 0 Å². The lowest BCUT2D eigenvalue weighted by molar-refractivity contribution is -0.159. The third-order valence-electron chi connectivity index (χ3n) is 5.25. The van der Waals surface area contributed by atoms with Crippen molar-refractivity contribution in [3.63, 3.8) is 0 Å². The molecule has 1 aliphatic heterocycles. The summed E-state index contributed by atoms with van der Waals surface area (Å²) in [5.41, 5.74) is 2.33. The van der Waals surface area contributed by atoms with E-state index in [0.717, 1.165) is 20.8 Å². The van der Waals surface area contributed by atoms with Gasteiger partial charge < -0.3 is 0 Å². The fraction of sp³-hybridized carbons (Fsp3) is 0.500. The molecule has 0 aromatic heterocycles. The fourth-order valence-electron chi connectivity index (χ4n) is 2.83. The minimum absolute atomic E-state index is 0.474. The Balaban J connectivity index is 3.43. The van der Waals surface area contributed by atoms with Crippen LogP contribution >= 0.6 is 0 Å². The van der Waals surface area contributed by atoms with Gasteiger partial charge >= 0.3 is 0 Å². The topological polar surface area (TPSA) is 172 Å². The van der Waals surface area contributed by atoms with Crippen LogP contribution in [0, 0.1) is 5.92 Å². The summed E-state index contributed by atoms with van der Waals surface area (Å²) in [5, 5.41) is -1.82. The molecule has 1 rings (SSSR count). The Morgan fingerprint density at radius 1 is 0.727 bits per heavy atom. The third-order valence-corrected chi connectivity index (χ3v) is 10.2. The highest BCUT2D eigenvalue weighted by Crippen LogP contribution is 2.20. The van der Waals surface area contributed by atoms with Crippen LogP contribution in [-0.2, 0) is 43.9 Å². The molecule has 12 nitrogen and oxygen atoms in total. The van der Waals surface area contributed by atoms with Crippen LogP contribution in [0.3, 0.4) is 0 Å². The van der Waals surface area contributed by atoms with Crippen LogP contribution in [0.2, 0.25) is 0 Å². The standard InChI is InChI=1S/C18H27N3O9S3/c1-7-31(25,26)12(4)16(22)15-10-20(17(23)13(5)32(27,28)8-2)19-21(11-15)18(24)14(6)33(29,30)9-3/h7-9,12-15,19H,1-3,10-11H2,4-6H3. The highest BCUT2D eigenvalue weighted by Gasteiger charge is 2.43. The van der Waals surface area contributed by atoms with E-state index in [-0.39, 0.29) is 0 Å². The smallest absolute Gasteiger partial charge is 0.256 e. The van der Waals surface area contributed by atoms with E-state index in [0.29, 0.717) is 26.2 Å². The first kappa shape index (κ1) is 28.7. The van der Waals surface area contributed by atoms with Crippen LogP contribution in [-0.4, -0.2) is 81.7 Å². The predicted molar refractivity (Wildman–Crippen MR) is 121 cm³/mol. The Morgan fingerprint density at radius 3 is 1.33 bits per heavy atom. The number of sulfone groups is 3. The van der Waals surface area contributed by atoms with Gasteiger partial charge in [0.25, 0.3) is 11.8 Å². The lowest BCUT2D eigenvalue weighted by Crippen LogP contribution is -2.66. The second kappa shape index (κ2) is 10.3. The number of amides is 2. The zero-order valence-corrected chi connectivity index (χ0v) is 20.8. The average Bonchev–Trinajstić information content (AvgIpc) is 2.80. The van der Waals surface area contributed by atoms with Gasteiger partial charge in [0.1, 0.15) is 15.7 Å². The van der Waals surface area contributed by atoms with Gasteiger partial charge in [-0.2, -0.15) is 0 Å². The molecule has 1 fully saturated rings. The molecule has 0 radical (unpaired) electrons. The van der Waals surface area contributed by atoms with Crippen LogP contribution in [0.15, 0.2) is 36.0 Å². The van der Waals surface area contributed by atoms with Gasteiger partial charge in [0.05, 0.1) is 19.0 Å².